The van der Waals surface area contributed by atoms with Gasteiger partial charge in [0.1, 0.15) is 11.9 Å². The molecule has 10 heteroatoms. The molecule has 2 amide bonds. The van der Waals surface area contributed by atoms with Crippen LogP contribution in [0.15, 0.2) is 18.2 Å². The molecule has 144 valence electrons. The van der Waals surface area contributed by atoms with E-state index in [-0.39, 0.29) is 29.4 Å². The third-order valence-corrected chi connectivity index (χ3v) is 6.56. The Kier molecular flexibility index (Phi) is 6.59. The van der Waals surface area contributed by atoms with Crippen LogP contribution in [0, 0.1) is 5.82 Å². The monoisotopic (exact) mass is 405 g/mol. The third-order valence-electron chi connectivity index (χ3n) is 4.27. The normalized spacial score (nSPS) is 17.7. The number of hydrogen-bond acceptors (Lipinski definition) is 4. The molecule has 0 saturated carbocycles. The lowest BCUT2D eigenvalue weighted by molar-refractivity contribution is -0.137. The summed E-state index contributed by atoms with van der Waals surface area (Å²) in [4.78, 5) is 25.5. The molecule has 1 heterocycles. The van der Waals surface area contributed by atoms with Crippen LogP contribution in [-0.2, 0) is 19.6 Å². The Balaban J connectivity index is 2.15. The Bertz CT molecular complexity index is 782. The molecule has 0 bridgehead atoms. The van der Waals surface area contributed by atoms with Gasteiger partial charge in [-0.05, 0) is 18.6 Å². The van der Waals surface area contributed by atoms with Crippen molar-refractivity contribution in [1.82, 2.24) is 14.5 Å². The Hall–Kier alpha value is -1.71. The van der Waals surface area contributed by atoms with Crippen molar-refractivity contribution in [3.05, 3.63) is 34.6 Å². The average Bonchev–Trinajstić information content (AvgIpc) is 2.89. The maximum Gasteiger partial charge on any atom is 0.247 e. The van der Waals surface area contributed by atoms with Gasteiger partial charge >= 0.3 is 0 Å². The third kappa shape index (κ3) is 4.52. The quantitative estimate of drug-likeness (QED) is 0.769. The molecule has 0 spiro atoms. The van der Waals surface area contributed by atoms with E-state index in [0.29, 0.717) is 13.0 Å². The summed E-state index contributed by atoms with van der Waals surface area (Å²) in [5.74, 6) is -1.67. The Morgan fingerprint density at radius 1 is 1.42 bits per heavy atom. The van der Waals surface area contributed by atoms with Gasteiger partial charge in [-0.15, -0.1) is 0 Å². The molecule has 0 aromatic heterocycles. The van der Waals surface area contributed by atoms with E-state index in [2.05, 4.69) is 5.32 Å². The maximum atomic E-state index is 14.3. The first-order valence-electron chi connectivity index (χ1n) is 8.08. The molecule has 1 aromatic carbocycles. The number of carbonyl (C=O) groups is 2. The zero-order valence-corrected chi connectivity index (χ0v) is 16.1. The molecule has 1 aliphatic heterocycles. The van der Waals surface area contributed by atoms with Gasteiger partial charge in [-0.3, -0.25) is 9.59 Å². The number of hydrogen-bond donors (Lipinski definition) is 1. The lowest BCUT2D eigenvalue weighted by Gasteiger charge is -2.28. The molecule has 1 N–H and O–H groups in total. The topological polar surface area (TPSA) is 86.8 Å². The Morgan fingerprint density at radius 3 is 2.65 bits per heavy atom. The standard InChI is InChI=1S/C16H21ClFN3O4S/c1-11(22)20(2)15(14-12(17)5-3-6-13(14)18)16(23)19-7-9-21-8-4-10-26(21,24)25/h3,5-6,15H,4,7-10H2,1-2H3,(H,19,23). The molecule has 7 nitrogen and oxygen atoms in total. The summed E-state index contributed by atoms with van der Waals surface area (Å²) in [6, 6.07) is 2.75. The van der Waals surface area contributed by atoms with E-state index in [0.717, 1.165) is 11.0 Å². The van der Waals surface area contributed by atoms with Crippen molar-refractivity contribution in [3.63, 3.8) is 0 Å². The van der Waals surface area contributed by atoms with E-state index in [1.165, 1.54) is 30.4 Å². The highest BCUT2D eigenvalue weighted by molar-refractivity contribution is 7.89. The first kappa shape index (κ1) is 20.6. The number of nitrogens with one attached hydrogen (secondary N) is 1. The lowest BCUT2D eigenvalue weighted by Crippen LogP contribution is -2.43. The largest absolute Gasteiger partial charge is 0.353 e. The molecule has 1 unspecified atom stereocenters. The number of nitrogens with zero attached hydrogens (tertiary/aromatic N) is 2. The van der Waals surface area contributed by atoms with Crippen molar-refractivity contribution in [3.8, 4) is 0 Å². The van der Waals surface area contributed by atoms with Gasteiger partial charge in [0, 0.05) is 44.2 Å². The Morgan fingerprint density at radius 2 is 2.12 bits per heavy atom. The Labute approximate surface area is 157 Å². The second-order valence-electron chi connectivity index (χ2n) is 6.03. The zero-order valence-electron chi connectivity index (χ0n) is 14.5. The van der Waals surface area contributed by atoms with Crippen LogP contribution in [0.1, 0.15) is 24.9 Å². The summed E-state index contributed by atoms with van der Waals surface area (Å²) >= 11 is 6.05. The predicted octanol–water partition coefficient (Wildman–Crippen LogP) is 1.15. The SMILES string of the molecule is CC(=O)N(C)C(C(=O)NCCN1CCCS1(=O)=O)c1c(F)cccc1Cl. The minimum atomic E-state index is -3.26. The van der Waals surface area contributed by atoms with Crippen LogP contribution in [0.5, 0.6) is 0 Å². The molecule has 0 radical (unpaired) electrons. The van der Waals surface area contributed by atoms with Crippen LogP contribution in [0.25, 0.3) is 0 Å². The van der Waals surface area contributed by atoms with E-state index in [4.69, 9.17) is 11.6 Å². The van der Waals surface area contributed by atoms with E-state index < -0.39 is 33.7 Å². The number of halogens is 2. The molecule has 0 aliphatic carbocycles. The van der Waals surface area contributed by atoms with Gasteiger partial charge in [-0.25, -0.2) is 17.1 Å². The fourth-order valence-electron chi connectivity index (χ4n) is 2.80. The van der Waals surface area contributed by atoms with Crippen LogP contribution in [-0.4, -0.2) is 61.9 Å². The van der Waals surface area contributed by atoms with Crippen molar-refractivity contribution in [2.75, 3.05) is 32.4 Å². The van der Waals surface area contributed by atoms with Gasteiger partial charge in [-0.2, -0.15) is 0 Å². The summed E-state index contributed by atoms with van der Waals surface area (Å²) in [6.45, 7) is 1.84. The molecule has 1 fully saturated rings. The number of rotatable bonds is 6. The first-order valence-corrected chi connectivity index (χ1v) is 10.1. The highest BCUT2D eigenvalue weighted by atomic mass is 35.5. The number of benzene rings is 1. The molecular formula is C16H21ClFN3O4S. The van der Waals surface area contributed by atoms with Crippen LogP contribution in [0.3, 0.4) is 0 Å². The van der Waals surface area contributed by atoms with Crippen molar-refractivity contribution >= 4 is 33.4 Å². The summed E-state index contributed by atoms with van der Waals surface area (Å²) in [6.07, 6.45) is 0.552. The van der Waals surface area contributed by atoms with E-state index in [9.17, 15) is 22.4 Å². The first-order chi connectivity index (χ1) is 12.1. The number of likely N-dealkylation sites (N-methyl/N-ethyl adjacent to an activating group) is 1. The van der Waals surface area contributed by atoms with Gasteiger partial charge in [0.2, 0.25) is 21.8 Å². The highest BCUT2D eigenvalue weighted by Crippen LogP contribution is 2.29. The van der Waals surface area contributed by atoms with E-state index in [1.807, 2.05) is 0 Å². The van der Waals surface area contributed by atoms with E-state index in [1.54, 1.807) is 0 Å². The van der Waals surface area contributed by atoms with Gasteiger partial charge in [0.15, 0.2) is 0 Å². The fraction of sp³-hybridized carbons (Fsp3) is 0.500. The van der Waals surface area contributed by atoms with Crippen LogP contribution >= 0.6 is 11.6 Å². The van der Waals surface area contributed by atoms with Crippen molar-refractivity contribution in [1.29, 1.82) is 0 Å². The number of amides is 2. The highest BCUT2D eigenvalue weighted by Gasteiger charge is 2.32. The molecular weight excluding hydrogens is 385 g/mol. The van der Waals surface area contributed by atoms with Crippen molar-refractivity contribution in [2.45, 2.75) is 19.4 Å². The zero-order chi connectivity index (χ0) is 19.5. The van der Waals surface area contributed by atoms with Crippen LogP contribution < -0.4 is 5.32 Å². The van der Waals surface area contributed by atoms with Gasteiger partial charge in [0.25, 0.3) is 0 Å². The molecule has 1 atom stereocenters. The van der Waals surface area contributed by atoms with E-state index >= 15 is 0 Å². The van der Waals surface area contributed by atoms with Crippen molar-refractivity contribution in [2.24, 2.45) is 0 Å². The molecule has 1 saturated heterocycles. The number of carbonyl (C=O) groups excluding carboxylic acids is 2. The van der Waals surface area contributed by atoms with Gasteiger partial charge in [0.05, 0.1) is 5.75 Å². The number of sulfonamides is 1. The van der Waals surface area contributed by atoms with Crippen LogP contribution in [0.4, 0.5) is 4.39 Å². The fourth-order valence-corrected chi connectivity index (χ4v) is 4.59. The molecule has 1 aliphatic rings. The van der Waals surface area contributed by atoms with Gasteiger partial charge in [-0.1, -0.05) is 17.7 Å². The maximum absolute atomic E-state index is 14.3. The molecule has 2 rings (SSSR count). The minimum Gasteiger partial charge on any atom is -0.353 e. The molecule has 26 heavy (non-hydrogen) atoms. The van der Waals surface area contributed by atoms with Gasteiger partial charge < -0.3 is 10.2 Å². The average molecular weight is 406 g/mol. The molecule has 1 aromatic rings. The van der Waals surface area contributed by atoms with Crippen LogP contribution in [0.2, 0.25) is 5.02 Å². The predicted molar refractivity (Wildman–Crippen MR) is 95.6 cm³/mol. The second-order valence-corrected chi connectivity index (χ2v) is 8.52. The summed E-state index contributed by atoms with van der Waals surface area (Å²) in [5, 5.41) is 2.60. The summed E-state index contributed by atoms with van der Waals surface area (Å²) in [7, 11) is -1.89. The smallest absolute Gasteiger partial charge is 0.247 e. The summed E-state index contributed by atoms with van der Waals surface area (Å²) in [5.41, 5.74) is -0.0989. The lowest BCUT2D eigenvalue weighted by atomic mass is 10.0. The minimum absolute atomic E-state index is 0.0281. The second kappa shape index (κ2) is 8.32. The van der Waals surface area contributed by atoms with Crippen molar-refractivity contribution < 1.29 is 22.4 Å². The summed E-state index contributed by atoms with van der Waals surface area (Å²) < 4.78 is 39.1.